The maximum atomic E-state index is 5.94. The zero-order chi connectivity index (χ0) is 15.0. The monoisotopic (exact) mass is 279 g/mol. The normalized spacial score (nSPS) is 14.1. The minimum Gasteiger partial charge on any atom is -0.494 e. The zero-order valence-corrected chi connectivity index (χ0v) is 13.3. The van der Waals surface area contributed by atoms with Gasteiger partial charge in [0, 0.05) is 18.2 Å². The van der Waals surface area contributed by atoms with Gasteiger partial charge >= 0.3 is 0 Å². The summed E-state index contributed by atoms with van der Waals surface area (Å²) in [6.07, 6.45) is 2.41. The molecular formula is C17H29NO2. The van der Waals surface area contributed by atoms with Crippen LogP contribution in [0.3, 0.4) is 0 Å². The SMILES string of the molecule is CCCC(C)COCc1cc(C(C)N)ccc1OCC. The summed E-state index contributed by atoms with van der Waals surface area (Å²) in [5.74, 6) is 1.51. The third-order valence-corrected chi connectivity index (χ3v) is 3.35. The number of hydrogen-bond acceptors (Lipinski definition) is 3. The molecule has 3 nitrogen and oxygen atoms in total. The van der Waals surface area contributed by atoms with Gasteiger partial charge < -0.3 is 15.2 Å². The lowest BCUT2D eigenvalue weighted by atomic mass is 10.0. The smallest absolute Gasteiger partial charge is 0.124 e. The van der Waals surface area contributed by atoms with Crippen LogP contribution in [0.4, 0.5) is 0 Å². The molecule has 0 aliphatic rings. The summed E-state index contributed by atoms with van der Waals surface area (Å²) >= 11 is 0. The second-order valence-corrected chi connectivity index (χ2v) is 5.50. The average Bonchev–Trinajstić information content (AvgIpc) is 2.40. The third-order valence-electron chi connectivity index (χ3n) is 3.35. The summed E-state index contributed by atoms with van der Waals surface area (Å²) in [6.45, 7) is 10.5. The van der Waals surface area contributed by atoms with Crippen molar-refractivity contribution in [3.63, 3.8) is 0 Å². The van der Waals surface area contributed by atoms with Crippen molar-refractivity contribution in [2.24, 2.45) is 11.7 Å². The summed E-state index contributed by atoms with van der Waals surface area (Å²) < 4.78 is 11.5. The molecule has 1 aromatic rings. The van der Waals surface area contributed by atoms with Crippen LogP contribution in [0.15, 0.2) is 18.2 Å². The molecule has 0 saturated carbocycles. The van der Waals surface area contributed by atoms with Gasteiger partial charge in [-0.05, 0) is 43.9 Å². The molecule has 0 amide bonds. The van der Waals surface area contributed by atoms with E-state index in [1.54, 1.807) is 0 Å². The summed E-state index contributed by atoms with van der Waals surface area (Å²) in [7, 11) is 0. The van der Waals surface area contributed by atoms with Crippen molar-refractivity contribution in [3.05, 3.63) is 29.3 Å². The first kappa shape index (κ1) is 17.0. The second kappa shape index (κ2) is 8.98. The highest BCUT2D eigenvalue weighted by Crippen LogP contribution is 2.24. The van der Waals surface area contributed by atoms with Crippen molar-refractivity contribution in [2.45, 2.75) is 53.2 Å². The Bertz CT molecular complexity index is 391. The molecule has 1 rings (SSSR count). The molecule has 2 unspecified atom stereocenters. The Kier molecular flexibility index (Phi) is 7.63. The topological polar surface area (TPSA) is 44.5 Å². The standard InChI is InChI=1S/C17H29NO2/c1-5-7-13(3)11-19-12-16-10-15(14(4)18)8-9-17(16)20-6-2/h8-10,13-14H,5-7,11-12,18H2,1-4H3. The van der Waals surface area contributed by atoms with Gasteiger partial charge in [0.05, 0.1) is 13.2 Å². The van der Waals surface area contributed by atoms with Crippen LogP contribution < -0.4 is 10.5 Å². The van der Waals surface area contributed by atoms with Crippen molar-refractivity contribution < 1.29 is 9.47 Å². The molecule has 114 valence electrons. The molecule has 3 heteroatoms. The third kappa shape index (κ3) is 5.51. The van der Waals surface area contributed by atoms with Crippen molar-refractivity contribution in [3.8, 4) is 5.75 Å². The Labute approximate surface area is 123 Å². The van der Waals surface area contributed by atoms with Gasteiger partial charge in [0.2, 0.25) is 0 Å². The zero-order valence-electron chi connectivity index (χ0n) is 13.3. The number of benzene rings is 1. The Morgan fingerprint density at radius 3 is 2.55 bits per heavy atom. The molecule has 1 aromatic carbocycles. The van der Waals surface area contributed by atoms with Crippen molar-refractivity contribution >= 4 is 0 Å². The summed E-state index contributed by atoms with van der Waals surface area (Å²) in [5, 5.41) is 0. The van der Waals surface area contributed by atoms with Crippen LogP contribution in [-0.2, 0) is 11.3 Å². The maximum Gasteiger partial charge on any atom is 0.124 e. The number of rotatable bonds is 9. The average molecular weight is 279 g/mol. The molecule has 20 heavy (non-hydrogen) atoms. The first-order valence-electron chi connectivity index (χ1n) is 7.67. The summed E-state index contributed by atoms with van der Waals surface area (Å²) in [5.41, 5.74) is 8.15. The van der Waals surface area contributed by atoms with E-state index in [0.29, 0.717) is 19.1 Å². The molecule has 2 atom stereocenters. The van der Waals surface area contributed by atoms with Gasteiger partial charge in [-0.15, -0.1) is 0 Å². The van der Waals surface area contributed by atoms with E-state index in [4.69, 9.17) is 15.2 Å². The lowest BCUT2D eigenvalue weighted by molar-refractivity contribution is 0.0875. The molecule has 0 bridgehead atoms. The van der Waals surface area contributed by atoms with Crippen LogP contribution in [0.25, 0.3) is 0 Å². The van der Waals surface area contributed by atoms with Gasteiger partial charge in [0.25, 0.3) is 0 Å². The summed E-state index contributed by atoms with van der Waals surface area (Å²) in [6, 6.07) is 6.15. The molecule has 2 N–H and O–H groups in total. The second-order valence-electron chi connectivity index (χ2n) is 5.50. The van der Waals surface area contributed by atoms with Crippen molar-refractivity contribution in [2.75, 3.05) is 13.2 Å². The van der Waals surface area contributed by atoms with E-state index in [-0.39, 0.29) is 6.04 Å². The lowest BCUT2D eigenvalue weighted by Gasteiger charge is -2.15. The van der Waals surface area contributed by atoms with Gasteiger partial charge in [0.15, 0.2) is 0 Å². The Balaban J connectivity index is 2.67. The lowest BCUT2D eigenvalue weighted by Crippen LogP contribution is -2.09. The minimum atomic E-state index is 0.0310. The molecular weight excluding hydrogens is 250 g/mol. The highest BCUT2D eigenvalue weighted by Gasteiger charge is 2.09. The van der Waals surface area contributed by atoms with E-state index in [2.05, 4.69) is 19.9 Å². The van der Waals surface area contributed by atoms with Gasteiger partial charge in [0.1, 0.15) is 5.75 Å². The minimum absolute atomic E-state index is 0.0310. The van der Waals surface area contributed by atoms with E-state index in [1.807, 2.05) is 26.0 Å². The van der Waals surface area contributed by atoms with Gasteiger partial charge in [-0.25, -0.2) is 0 Å². The van der Waals surface area contributed by atoms with Gasteiger partial charge in [-0.3, -0.25) is 0 Å². The Morgan fingerprint density at radius 1 is 1.20 bits per heavy atom. The van der Waals surface area contributed by atoms with E-state index in [9.17, 15) is 0 Å². The number of nitrogens with two attached hydrogens (primary N) is 1. The van der Waals surface area contributed by atoms with Crippen molar-refractivity contribution in [1.29, 1.82) is 0 Å². The number of ether oxygens (including phenoxy) is 2. The van der Waals surface area contributed by atoms with Crippen LogP contribution in [-0.4, -0.2) is 13.2 Å². The van der Waals surface area contributed by atoms with Gasteiger partial charge in [-0.1, -0.05) is 26.3 Å². The van der Waals surface area contributed by atoms with Crippen molar-refractivity contribution in [1.82, 2.24) is 0 Å². The van der Waals surface area contributed by atoms with Gasteiger partial charge in [-0.2, -0.15) is 0 Å². The highest BCUT2D eigenvalue weighted by molar-refractivity contribution is 5.38. The molecule has 0 aromatic heterocycles. The van der Waals surface area contributed by atoms with Crippen LogP contribution >= 0.6 is 0 Å². The Hall–Kier alpha value is -1.06. The van der Waals surface area contributed by atoms with E-state index >= 15 is 0 Å². The largest absolute Gasteiger partial charge is 0.494 e. The fraction of sp³-hybridized carbons (Fsp3) is 0.647. The highest BCUT2D eigenvalue weighted by atomic mass is 16.5. The molecule has 0 heterocycles. The van der Waals surface area contributed by atoms with Crippen LogP contribution in [0.5, 0.6) is 5.75 Å². The number of hydrogen-bond donors (Lipinski definition) is 1. The van der Waals surface area contributed by atoms with E-state index in [0.717, 1.165) is 23.5 Å². The maximum absolute atomic E-state index is 5.94. The van der Waals surface area contributed by atoms with Crippen LogP contribution in [0.2, 0.25) is 0 Å². The predicted molar refractivity (Wildman–Crippen MR) is 83.9 cm³/mol. The molecule has 0 aliphatic heterocycles. The fourth-order valence-electron chi connectivity index (χ4n) is 2.24. The van der Waals surface area contributed by atoms with Crippen LogP contribution in [0.1, 0.15) is 57.7 Å². The quantitative estimate of drug-likeness (QED) is 0.741. The van der Waals surface area contributed by atoms with Crippen LogP contribution in [0, 0.1) is 5.92 Å². The predicted octanol–water partition coefficient (Wildman–Crippen LogP) is 4.06. The molecule has 0 saturated heterocycles. The molecule has 0 radical (unpaired) electrons. The fourth-order valence-corrected chi connectivity index (χ4v) is 2.24. The summed E-state index contributed by atoms with van der Waals surface area (Å²) in [4.78, 5) is 0. The first-order valence-corrected chi connectivity index (χ1v) is 7.67. The van der Waals surface area contributed by atoms with E-state index < -0.39 is 0 Å². The molecule has 0 fully saturated rings. The molecule has 0 aliphatic carbocycles. The molecule has 0 spiro atoms. The first-order chi connectivity index (χ1) is 9.58. The van der Waals surface area contributed by atoms with E-state index in [1.165, 1.54) is 12.8 Å². The Morgan fingerprint density at radius 2 is 1.95 bits per heavy atom.